The SMILES string of the molecule is CCCCNC(=O)c1cc(COc2ccc(NC(=O)c3ccc(Cl)cc3)cc2)on1. The van der Waals surface area contributed by atoms with Gasteiger partial charge in [0.1, 0.15) is 12.4 Å². The van der Waals surface area contributed by atoms with Gasteiger partial charge >= 0.3 is 0 Å². The van der Waals surface area contributed by atoms with E-state index in [1.807, 2.05) is 0 Å². The number of nitrogens with zero attached hydrogens (tertiary/aromatic N) is 1. The monoisotopic (exact) mass is 427 g/mol. The van der Waals surface area contributed by atoms with Gasteiger partial charge in [-0.2, -0.15) is 0 Å². The number of ether oxygens (including phenoxy) is 1. The molecular weight excluding hydrogens is 406 g/mol. The summed E-state index contributed by atoms with van der Waals surface area (Å²) < 4.78 is 10.8. The van der Waals surface area contributed by atoms with E-state index in [0.717, 1.165) is 12.8 Å². The molecule has 30 heavy (non-hydrogen) atoms. The molecule has 0 unspecified atom stereocenters. The lowest BCUT2D eigenvalue weighted by atomic mass is 10.2. The van der Waals surface area contributed by atoms with Crippen molar-refractivity contribution in [3.05, 3.63) is 76.6 Å². The highest BCUT2D eigenvalue weighted by atomic mass is 35.5. The van der Waals surface area contributed by atoms with Crippen molar-refractivity contribution in [2.24, 2.45) is 0 Å². The quantitative estimate of drug-likeness (QED) is 0.483. The van der Waals surface area contributed by atoms with E-state index in [1.165, 1.54) is 0 Å². The van der Waals surface area contributed by atoms with Crippen LogP contribution in [0.4, 0.5) is 5.69 Å². The molecule has 0 spiro atoms. The average Bonchev–Trinajstić information content (AvgIpc) is 3.23. The lowest BCUT2D eigenvalue weighted by Gasteiger charge is -2.07. The lowest BCUT2D eigenvalue weighted by molar-refractivity contribution is 0.0943. The molecule has 2 amide bonds. The Balaban J connectivity index is 1.49. The van der Waals surface area contributed by atoms with Crippen LogP contribution in [0.3, 0.4) is 0 Å². The molecule has 0 fully saturated rings. The number of unbranched alkanes of at least 4 members (excludes halogenated alkanes) is 1. The molecule has 2 aromatic carbocycles. The van der Waals surface area contributed by atoms with E-state index in [1.54, 1.807) is 54.6 Å². The second-order valence-corrected chi connectivity index (χ2v) is 7.00. The number of aromatic nitrogens is 1. The highest BCUT2D eigenvalue weighted by Gasteiger charge is 2.12. The maximum atomic E-state index is 12.2. The fraction of sp³-hybridized carbons (Fsp3) is 0.227. The van der Waals surface area contributed by atoms with E-state index in [9.17, 15) is 9.59 Å². The molecule has 3 aromatic rings. The Labute approximate surface area is 179 Å². The summed E-state index contributed by atoms with van der Waals surface area (Å²) in [5, 5.41) is 9.92. The highest BCUT2D eigenvalue weighted by Crippen LogP contribution is 2.18. The topological polar surface area (TPSA) is 93.5 Å². The summed E-state index contributed by atoms with van der Waals surface area (Å²) in [5.74, 6) is 0.534. The molecular formula is C22H22ClN3O4. The van der Waals surface area contributed by atoms with Gasteiger partial charge in [-0.05, 0) is 55.0 Å². The van der Waals surface area contributed by atoms with Crippen molar-refractivity contribution in [3.63, 3.8) is 0 Å². The van der Waals surface area contributed by atoms with Gasteiger partial charge in [-0.1, -0.05) is 30.1 Å². The number of anilines is 1. The predicted molar refractivity (Wildman–Crippen MR) is 114 cm³/mol. The Bertz CT molecular complexity index is 984. The van der Waals surface area contributed by atoms with Crippen LogP contribution in [-0.2, 0) is 6.61 Å². The largest absolute Gasteiger partial charge is 0.486 e. The molecule has 8 heteroatoms. The normalized spacial score (nSPS) is 10.5. The van der Waals surface area contributed by atoms with Gasteiger partial charge in [0.15, 0.2) is 11.5 Å². The second kappa shape index (κ2) is 10.5. The van der Waals surface area contributed by atoms with Crippen molar-refractivity contribution in [1.29, 1.82) is 0 Å². The molecule has 0 aliphatic rings. The molecule has 0 radical (unpaired) electrons. The van der Waals surface area contributed by atoms with Gasteiger partial charge in [-0.15, -0.1) is 0 Å². The van der Waals surface area contributed by atoms with Crippen LogP contribution in [0, 0.1) is 0 Å². The summed E-state index contributed by atoms with van der Waals surface area (Å²) >= 11 is 5.83. The third-order valence-electron chi connectivity index (χ3n) is 4.21. The van der Waals surface area contributed by atoms with Gasteiger partial charge in [0.05, 0.1) is 0 Å². The number of hydrogen-bond acceptors (Lipinski definition) is 5. The number of carbonyl (C=O) groups excluding carboxylic acids is 2. The fourth-order valence-corrected chi connectivity index (χ4v) is 2.68. The van der Waals surface area contributed by atoms with Crippen LogP contribution in [0.15, 0.2) is 59.1 Å². The summed E-state index contributed by atoms with van der Waals surface area (Å²) in [6.45, 7) is 2.79. The smallest absolute Gasteiger partial charge is 0.273 e. The number of rotatable bonds is 9. The number of hydrogen-bond donors (Lipinski definition) is 2. The summed E-state index contributed by atoms with van der Waals surface area (Å²) in [6, 6.07) is 15.1. The number of amides is 2. The van der Waals surface area contributed by atoms with Gasteiger partial charge < -0.3 is 19.9 Å². The molecule has 0 aliphatic carbocycles. The van der Waals surface area contributed by atoms with Crippen molar-refractivity contribution < 1.29 is 18.8 Å². The average molecular weight is 428 g/mol. The van der Waals surface area contributed by atoms with Crippen molar-refractivity contribution in [1.82, 2.24) is 10.5 Å². The summed E-state index contributed by atoms with van der Waals surface area (Å²) in [6.07, 6.45) is 1.91. The zero-order valence-electron chi connectivity index (χ0n) is 16.5. The maximum Gasteiger partial charge on any atom is 0.273 e. The Morgan fingerprint density at radius 1 is 1.07 bits per heavy atom. The van der Waals surface area contributed by atoms with E-state index in [-0.39, 0.29) is 24.1 Å². The van der Waals surface area contributed by atoms with Crippen molar-refractivity contribution >= 4 is 29.1 Å². The molecule has 1 heterocycles. The number of carbonyl (C=O) groups is 2. The second-order valence-electron chi connectivity index (χ2n) is 6.56. The van der Waals surface area contributed by atoms with E-state index < -0.39 is 0 Å². The van der Waals surface area contributed by atoms with Gasteiger partial charge in [0, 0.05) is 28.9 Å². The van der Waals surface area contributed by atoms with Gasteiger partial charge in [0.2, 0.25) is 0 Å². The zero-order chi connectivity index (χ0) is 21.3. The highest BCUT2D eigenvalue weighted by molar-refractivity contribution is 6.30. The molecule has 156 valence electrons. The minimum Gasteiger partial charge on any atom is -0.486 e. The fourth-order valence-electron chi connectivity index (χ4n) is 2.55. The van der Waals surface area contributed by atoms with E-state index in [2.05, 4.69) is 22.7 Å². The summed E-state index contributed by atoms with van der Waals surface area (Å²) in [4.78, 5) is 24.2. The van der Waals surface area contributed by atoms with Crippen LogP contribution in [0.2, 0.25) is 5.02 Å². The first-order chi connectivity index (χ1) is 14.5. The Hall–Kier alpha value is -3.32. The Morgan fingerprint density at radius 2 is 1.80 bits per heavy atom. The molecule has 0 saturated carbocycles. The number of nitrogens with one attached hydrogen (secondary N) is 2. The van der Waals surface area contributed by atoms with Crippen LogP contribution >= 0.6 is 11.6 Å². The Morgan fingerprint density at radius 3 is 2.50 bits per heavy atom. The van der Waals surface area contributed by atoms with Crippen LogP contribution < -0.4 is 15.4 Å². The molecule has 2 N–H and O–H groups in total. The van der Waals surface area contributed by atoms with Crippen molar-refractivity contribution in [2.75, 3.05) is 11.9 Å². The van der Waals surface area contributed by atoms with Crippen LogP contribution in [0.1, 0.15) is 46.4 Å². The van der Waals surface area contributed by atoms with Gasteiger partial charge in [-0.3, -0.25) is 9.59 Å². The number of benzene rings is 2. The van der Waals surface area contributed by atoms with Crippen molar-refractivity contribution in [3.8, 4) is 5.75 Å². The van der Waals surface area contributed by atoms with Gasteiger partial charge in [-0.25, -0.2) is 0 Å². The molecule has 0 saturated heterocycles. The number of halogens is 1. The van der Waals surface area contributed by atoms with E-state index in [4.69, 9.17) is 20.9 Å². The molecule has 0 aliphatic heterocycles. The van der Waals surface area contributed by atoms with Crippen LogP contribution in [0.25, 0.3) is 0 Å². The third kappa shape index (κ3) is 6.09. The van der Waals surface area contributed by atoms with Crippen LogP contribution in [-0.4, -0.2) is 23.5 Å². The summed E-state index contributed by atoms with van der Waals surface area (Å²) in [7, 11) is 0. The first-order valence-corrected chi connectivity index (χ1v) is 9.96. The minimum atomic E-state index is -0.265. The third-order valence-corrected chi connectivity index (χ3v) is 4.46. The Kier molecular flexibility index (Phi) is 7.45. The van der Waals surface area contributed by atoms with Gasteiger partial charge in [0.25, 0.3) is 11.8 Å². The predicted octanol–water partition coefficient (Wildman–Crippen LogP) is 4.69. The first kappa shape index (κ1) is 21.4. The molecule has 3 rings (SSSR count). The molecule has 1 aromatic heterocycles. The van der Waals surface area contributed by atoms with E-state index in [0.29, 0.717) is 34.3 Å². The standard InChI is InChI=1S/C22H22ClN3O4/c1-2-3-12-24-22(28)20-13-19(30-26-20)14-29-18-10-8-17(9-11-18)25-21(27)15-4-6-16(23)7-5-15/h4-11,13H,2-3,12,14H2,1H3,(H,24,28)(H,25,27). The minimum absolute atomic E-state index is 0.131. The maximum absolute atomic E-state index is 12.2. The van der Waals surface area contributed by atoms with Crippen LogP contribution in [0.5, 0.6) is 5.75 Å². The molecule has 0 atom stereocenters. The van der Waals surface area contributed by atoms with E-state index >= 15 is 0 Å². The molecule has 7 nitrogen and oxygen atoms in total. The lowest BCUT2D eigenvalue weighted by Crippen LogP contribution is -2.24. The van der Waals surface area contributed by atoms with Crippen molar-refractivity contribution in [2.45, 2.75) is 26.4 Å². The molecule has 0 bridgehead atoms. The summed E-state index contributed by atoms with van der Waals surface area (Å²) in [5.41, 5.74) is 1.37. The first-order valence-electron chi connectivity index (χ1n) is 9.58. The zero-order valence-corrected chi connectivity index (χ0v) is 17.2.